The molecule has 1 aromatic heterocycles. The number of hydrogen-bond acceptors (Lipinski definition) is 7. The van der Waals surface area contributed by atoms with Crippen LogP contribution in [-0.4, -0.2) is 37.2 Å². The minimum atomic E-state index is -1.17. The summed E-state index contributed by atoms with van der Waals surface area (Å²) in [5.74, 6) is -1.22. The van der Waals surface area contributed by atoms with Crippen LogP contribution in [0.25, 0.3) is 17.4 Å². The first-order valence-electron chi connectivity index (χ1n) is 7.73. The van der Waals surface area contributed by atoms with Crippen molar-refractivity contribution in [2.24, 2.45) is 0 Å². The normalized spacial score (nSPS) is 16.6. The quantitative estimate of drug-likeness (QED) is 0.320. The summed E-state index contributed by atoms with van der Waals surface area (Å²) < 4.78 is 5.75. The van der Waals surface area contributed by atoms with Crippen LogP contribution in [0.1, 0.15) is 12.7 Å². The molecule has 1 fully saturated rings. The third-order valence-electron chi connectivity index (χ3n) is 3.89. The van der Waals surface area contributed by atoms with Gasteiger partial charge in [-0.25, -0.2) is 4.79 Å². The van der Waals surface area contributed by atoms with Gasteiger partial charge in [-0.2, -0.15) is 0 Å². The van der Waals surface area contributed by atoms with Gasteiger partial charge in [0.15, 0.2) is 0 Å². The van der Waals surface area contributed by atoms with Crippen LogP contribution in [0.2, 0.25) is 5.02 Å². The van der Waals surface area contributed by atoms with Crippen LogP contribution in [0.5, 0.6) is 0 Å². The first-order chi connectivity index (χ1) is 13.2. The highest BCUT2D eigenvalue weighted by molar-refractivity contribution is 8.26. The molecular formula is C17H11ClN2O6S2. The highest BCUT2D eigenvalue weighted by Gasteiger charge is 2.38. The Bertz CT molecular complexity index is 1050. The van der Waals surface area contributed by atoms with E-state index < -0.39 is 22.8 Å². The van der Waals surface area contributed by atoms with Crippen LogP contribution in [0, 0.1) is 10.1 Å². The second-order valence-corrected chi connectivity index (χ2v) is 7.80. The van der Waals surface area contributed by atoms with Gasteiger partial charge in [-0.3, -0.25) is 19.8 Å². The number of furan rings is 1. The number of thioether (sulfide) groups is 1. The Balaban J connectivity index is 1.92. The van der Waals surface area contributed by atoms with Crippen molar-refractivity contribution >= 4 is 63.5 Å². The predicted molar refractivity (Wildman–Crippen MR) is 108 cm³/mol. The van der Waals surface area contributed by atoms with Crippen molar-refractivity contribution in [1.82, 2.24) is 4.90 Å². The largest absolute Gasteiger partial charge is 0.480 e. The van der Waals surface area contributed by atoms with Crippen molar-refractivity contribution in [3.8, 4) is 11.3 Å². The average molecular weight is 439 g/mol. The number of benzene rings is 1. The molecule has 28 heavy (non-hydrogen) atoms. The Hall–Kier alpha value is -2.69. The summed E-state index contributed by atoms with van der Waals surface area (Å²) in [6, 6.07) is 6.17. The van der Waals surface area contributed by atoms with Crippen LogP contribution >= 0.6 is 35.6 Å². The van der Waals surface area contributed by atoms with E-state index in [0.29, 0.717) is 0 Å². The van der Waals surface area contributed by atoms with Gasteiger partial charge in [-0.1, -0.05) is 35.6 Å². The number of nitrogens with zero attached hydrogens (tertiary/aromatic N) is 2. The zero-order valence-electron chi connectivity index (χ0n) is 14.1. The maximum Gasteiger partial charge on any atom is 0.326 e. The van der Waals surface area contributed by atoms with Gasteiger partial charge in [-0.15, -0.1) is 0 Å². The molecular weight excluding hydrogens is 428 g/mol. The minimum absolute atomic E-state index is 0.131. The molecule has 2 heterocycles. The van der Waals surface area contributed by atoms with Gasteiger partial charge in [0, 0.05) is 17.2 Å². The van der Waals surface area contributed by atoms with Crippen LogP contribution < -0.4 is 0 Å². The fourth-order valence-electron chi connectivity index (χ4n) is 2.49. The Morgan fingerprint density at radius 3 is 2.79 bits per heavy atom. The summed E-state index contributed by atoms with van der Waals surface area (Å²) in [5.41, 5.74) is 0.0242. The maximum absolute atomic E-state index is 12.5. The first-order valence-corrected chi connectivity index (χ1v) is 9.33. The number of halogens is 1. The summed E-state index contributed by atoms with van der Waals surface area (Å²) in [4.78, 5) is 35.5. The SMILES string of the molecule is CC(C(=O)O)N1C(=O)C(=Cc2ccc(-c3ccc(Cl)cc3[N+](=O)[O-])o2)SC1=S. The Morgan fingerprint density at radius 1 is 1.43 bits per heavy atom. The molecule has 8 nitrogen and oxygen atoms in total. The molecule has 1 aromatic carbocycles. The molecule has 0 spiro atoms. The lowest BCUT2D eigenvalue weighted by Crippen LogP contribution is -2.41. The fraction of sp³-hybridized carbons (Fsp3) is 0.118. The second kappa shape index (κ2) is 7.74. The number of rotatable bonds is 5. The van der Waals surface area contributed by atoms with Crippen molar-refractivity contribution in [3.05, 3.63) is 56.1 Å². The van der Waals surface area contributed by atoms with Gasteiger partial charge < -0.3 is 9.52 Å². The summed E-state index contributed by atoms with van der Waals surface area (Å²) in [7, 11) is 0. The maximum atomic E-state index is 12.5. The number of hydrogen-bond donors (Lipinski definition) is 1. The number of nitro groups is 1. The van der Waals surface area contributed by atoms with E-state index in [1.807, 2.05) is 0 Å². The third kappa shape index (κ3) is 3.79. The Morgan fingerprint density at radius 2 is 2.14 bits per heavy atom. The monoisotopic (exact) mass is 438 g/mol. The Kier molecular flexibility index (Phi) is 5.54. The van der Waals surface area contributed by atoms with E-state index in [1.165, 1.54) is 37.3 Å². The molecule has 1 unspecified atom stereocenters. The molecule has 1 N–H and O–H groups in total. The standard InChI is InChI=1S/C17H11ClN2O6S2/c1-8(16(22)23)19-15(21)14(28-17(19)27)7-10-3-5-13(26-10)11-4-2-9(18)6-12(11)20(24)25/h2-8H,1H3,(H,22,23). The molecule has 0 saturated carbocycles. The van der Waals surface area contributed by atoms with E-state index in [2.05, 4.69) is 0 Å². The van der Waals surface area contributed by atoms with Crippen molar-refractivity contribution in [3.63, 3.8) is 0 Å². The predicted octanol–water partition coefficient (Wildman–Crippen LogP) is 4.18. The third-order valence-corrected chi connectivity index (χ3v) is 5.46. The number of carbonyl (C=O) groups excluding carboxylic acids is 1. The lowest BCUT2D eigenvalue weighted by molar-refractivity contribution is -0.384. The lowest BCUT2D eigenvalue weighted by Gasteiger charge is -2.18. The molecule has 1 atom stereocenters. The molecule has 0 bridgehead atoms. The summed E-state index contributed by atoms with van der Waals surface area (Å²) >= 11 is 11.9. The molecule has 1 saturated heterocycles. The number of aliphatic carboxylic acids is 1. The highest BCUT2D eigenvalue weighted by Crippen LogP contribution is 2.36. The smallest absolute Gasteiger partial charge is 0.326 e. The van der Waals surface area contributed by atoms with Crippen LogP contribution in [0.4, 0.5) is 5.69 Å². The summed E-state index contributed by atoms with van der Waals surface area (Å²) in [6.45, 7) is 1.36. The fourth-order valence-corrected chi connectivity index (χ4v) is 4.06. The summed E-state index contributed by atoms with van der Waals surface area (Å²) in [5, 5.41) is 20.6. The molecule has 1 aliphatic rings. The average Bonchev–Trinajstić information content (AvgIpc) is 3.19. The van der Waals surface area contributed by atoms with E-state index in [1.54, 1.807) is 6.07 Å². The van der Waals surface area contributed by atoms with E-state index >= 15 is 0 Å². The molecule has 3 rings (SSSR count). The van der Waals surface area contributed by atoms with Gasteiger partial charge in [0.05, 0.1) is 15.4 Å². The van der Waals surface area contributed by atoms with Crippen molar-refractivity contribution in [2.45, 2.75) is 13.0 Å². The molecule has 1 amide bonds. The van der Waals surface area contributed by atoms with E-state index in [9.17, 15) is 19.7 Å². The van der Waals surface area contributed by atoms with E-state index in [4.69, 9.17) is 33.3 Å². The number of carbonyl (C=O) groups is 2. The van der Waals surface area contributed by atoms with Crippen LogP contribution in [0.3, 0.4) is 0 Å². The highest BCUT2D eigenvalue weighted by atomic mass is 35.5. The molecule has 1 aliphatic heterocycles. The summed E-state index contributed by atoms with van der Waals surface area (Å²) in [6.07, 6.45) is 1.42. The zero-order chi connectivity index (χ0) is 20.6. The number of nitro benzene ring substituents is 1. The van der Waals surface area contributed by atoms with Crippen molar-refractivity contribution < 1.29 is 24.0 Å². The topological polar surface area (TPSA) is 114 Å². The lowest BCUT2D eigenvalue weighted by atomic mass is 10.1. The second-order valence-electron chi connectivity index (χ2n) is 5.69. The molecule has 11 heteroatoms. The number of carboxylic acids is 1. The zero-order valence-corrected chi connectivity index (χ0v) is 16.5. The first kappa shape index (κ1) is 20.1. The minimum Gasteiger partial charge on any atom is -0.480 e. The Labute approximate surface area is 172 Å². The van der Waals surface area contributed by atoms with E-state index in [0.717, 1.165) is 16.7 Å². The van der Waals surface area contributed by atoms with Gasteiger partial charge in [0.25, 0.3) is 11.6 Å². The van der Waals surface area contributed by atoms with Crippen LogP contribution in [0.15, 0.2) is 39.7 Å². The van der Waals surface area contributed by atoms with E-state index in [-0.39, 0.29) is 37.0 Å². The number of thiocarbonyl (C=S) groups is 1. The van der Waals surface area contributed by atoms with Gasteiger partial charge >= 0.3 is 5.97 Å². The van der Waals surface area contributed by atoms with Gasteiger partial charge in [-0.05, 0) is 31.2 Å². The number of carboxylic acid groups (broad SMARTS) is 1. The molecule has 0 aliphatic carbocycles. The van der Waals surface area contributed by atoms with Crippen molar-refractivity contribution in [2.75, 3.05) is 0 Å². The van der Waals surface area contributed by atoms with Crippen molar-refractivity contribution in [1.29, 1.82) is 0 Å². The van der Waals surface area contributed by atoms with Gasteiger partial charge in [0.1, 0.15) is 21.9 Å². The molecule has 2 aromatic rings. The molecule has 144 valence electrons. The van der Waals surface area contributed by atoms with Gasteiger partial charge in [0.2, 0.25) is 0 Å². The number of amides is 1. The molecule has 0 radical (unpaired) electrons. The van der Waals surface area contributed by atoms with Crippen LogP contribution in [-0.2, 0) is 9.59 Å².